The number of carbonyl (C=O) groups excluding carboxylic acids is 2. The van der Waals surface area contributed by atoms with Crippen LogP contribution in [0.1, 0.15) is 106 Å². The number of H-pyrrole nitrogens is 4. The van der Waals surface area contributed by atoms with Crippen molar-refractivity contribution < 1.29 is 28.5 Å². The smallest absolute Gasteiger partial charge is 0.305 e. The minimum Gasteiger partial charge on any atom is -0.469 e. The van der Waals surface area contributed by atoms with Crippen molar-refractivity contribution in [3.05, 3.63) is 88.7 Å². The van der Waals surface area contributed by atoms with E-state index in [1.54, 1.807) is 14.2 Å². The van der Waals surface area contributed by atoms with E-state index in [9.17, 15) is 9.59 Å². The Balaban J connectivity index is 1.91. The maximum atomic E-state index is 12.3. The topological polar surface area (TPSA) is 134 Å². The quantitative estimate of drug-likeness (QED) is 0.170. The largest absolute Gasteiger partial charge is 0.469 e. The fourth-order valence-corrected chi connectivity index (χ4v) is 6.88. The summed E-state index contributed by atoms with van der Waals surface area (Å²) in [5, 5.41) is 3.72. The number of rotatable bonds is 10. The van der Waals surface area contributed by atoms with Crippen LogP contribution < -0.4 is 21.4 Å². The SMILES string of the molecule is COC(=O)CCc1c2[nH]c(c1C)C=c1[nH]c(c(C)c1[C@@H](C)OC)=Cc1[nH]c(c(C)c1[C@@H](C)OC)C=c1[nH]c(c(CCC(=O)OC)c1C)=C2. The zero-order chi connectivity index (χ0) is 34.9. The summed E-state index contributed by atoms with van der Waals surface area (Å²) in [5.74, 6) is -0.534. The van der Waals surface area contributed by atoms with Gasteiger partial charge in [0.2, 0.25) is 0 Å². The van der Waals surface area contributed by atoms with E-state index < -0.39 is 0 Å². The minimum absolute atomic E-state index is 0.150. The highest BCUT2D eigenvalue weighted by molar-refractivity contribution is 5.71. The predicted octanol–water partition coefficient (Wildman–Crippen LogP) is 3.49. The van der Waals surface area contributed by atoms with Crippen LogP contribution in [0, 0.1) is 27.7 Å². The molecule has 48 heavy (non-hydrogen) atoms. The number of hydrogen-bond donors (Lipinski definition) is 4. The summed E-state index contributed by atoms with van der Waals surface area (Å²) >= 11 is 0. The molecular weight excluding hydrogens is 608 g/mol. The van der Waals surface area contributed by atoms with Gasteiger partial charge in [0.05, 0.1) is 26.4 Å². The maximum Gasteiger partial charge on any atom is 0.305 e. The van der Waals surface area contributed by atoms with Gasteiger partial charge in [0.1, 0.15) is 0 Å². The Morgan fingerprint density at radius 3 is 1.65 bits per heavy atom. The third kappa shape index (κ3) is 6.59. The van der Waals surface area contributed by atoms with E-state index >= 15 is 0 Å². The fraction of sp³-hybridized carbons (Fsp3) is 0.421. The van der Waals surface area contributed by atoms with Crippen molar-refractivity contribution >= 4 is 36.2 Å². The monoisotopic (exact) mass is 656 g/mol. The highest BCUT2D eigenvalue weighted by atomic mass is 16.5. The zero-order valence-electron chi connectivity index (χ0n) is 29.7. The van der Waals surface area contributed by atoms with E-state index in [0.717, 1.165) is 88.7 Å². The first-order valence-corrected chi connectivity index (χ1v) is 16.4. The van der Waals surface area contributed by atoms with Gasteiger partial charge < -0.3 is 38.9 Å². The van der Waals surface area contributed by atoms with Crippen molar-refractivity contribution in [2.24, 2.45) is 0 Å². The number of nitrogens with one attached hydrogen (secondary N) is 4. The van der Waals surface area contributed by atoms with Gasteiger partial charge in [0.15, 0.2) is 0 Å². The van der Waals surface area contributed by atoms with E-state index in [4.69, 9.17) is 18.9 Å². The first kappa shape index (κ1) is 34.8. The molecule has 0 unspecified atom stereocenters. The molecule has 0 aromatic carbocycles. The molecule has 0 fully saturated rings. The molecule has 0 spiro atoms. The molecule has 0 saturated carbocycles. The highest BCUT2D eigenvalue weighted by Gasteiger charge is 2.21. The number of aromatic nitrogens is 4. The van der Waals surface area contributed by atoms with E-state index in [-0.39, 0.29) is 37.0 Å². The molecule has 4 aromatic heterocycles. The normalized spacial score (nSPS) is 13.5. The van der Waals surface area contributed by atoms with Crippen LogP contribution in [-0.4, -0.2) is 60.3 Å². The fourth-order valence-electron chi connectivity index (χ4n) is 6.88. The van der Waals surface area contributed by atoms with E-state index in [2.05, 4.69) is 78.9 Å². The lowest BCUT2D eigenvalue weighted by Crippen LogP contribution is -2.15. The van der Waals surface area contributed by atoms with Crippen LogP contribution in [-0.2, 0) is 41.4 Å². The minimum atomic E-state index is -0.268. The van der Waals surface area contributed by atoms with Crippen molar-refractivity contribution in [1.29, 1.82) is 0 Å². The van der Waals surface area contributed by atoms with Crippen LogP contribution in [0.15, 0.2) is 0 Å². The second-order valence-electron chi connectivity index (χ2n) is 12.6. The van der Waals surface area contributed by atoms with Gasteiger partial charge in [-0.2, -0.15) is 0 Å². The Morgan fingerprint density at radius 2 is 1.02 bits per heavy atom. The van der Waals surface area contributed by atoms with Crippen molar-refractivity contribution in [3.63, 3.8) is 0 Å². The van der Waals surface area contributed by atoms with Crippen LogP contribution in [0.4, 0.5) is 0 Å². The van der Waals surface area contributed by atoms with Gasteiger partial charge >= 0.3 is 11.9 Å². The molecule has 5 heterocycles. The van der Waals surface area contributed by atoms with E-state index in [1.807, 2.05) is 6.92 Å². The second kappa shape index (κ2) is 14.3. The lowest BCUT2D eigenvalue weighted by Gasteiger charge is -2.11. The van der Waals surface area contributed by atoms with Gasteiger partial charge in [-0.1, -0.05) is 0 Å². The second-order valence-corrected chi connectivity index (χ2v) is 12.6. The number of hydrogen-bond acceptors (Lipinski definition) is 6. The van der Waals surface area contributed by atoms with Crippen LogP contribution in [0.3, 0.4) is 0 Å². The number of ether oxygens (including phenoxy) is 4. The van der Waals surface area contributed by atoms with Gasteiger partial charge in [-0.25, -0.2) is 0 Å². The molecule has 1 aliphatic rings. The van der Waals surface area contributed by atoms with Crippen LogP contribution >= 0.6 is 0 Å². The maximum absolute atomic E-state index is 12.3. The van der Waals surface area contributed by atoms with Crippen LogP contribution in [0.5, 0.6) is 0 Å². The number of esters is 2. The molecule has 0 amide bonds. The zero-order valence-corrected chi connectivity index (χ0v) is 29.7. The predicted molar refractivity (Wildman–Crippen MR) is 186 cm³/mol. The van der Waals surface area contributed by atoms with E-state index in [0.29, 0.717) is 12.8 Å². The molecule has 0 saturated heterocycles. The Morgan fingerprint density at radius 1 is 0.542 bits per heavy atom. The molecule has 5 rings (SSSR count). The lowest BCUT2D eigenvalue weighted by atomic mass is 10.0. The summed E-state index contributed by atoms with van der Waals surface area (Å²) in [6, 6.07) is 0. The molecule has 0 aliphatic carbocycles. The van der Waals surface area contributed by atoms with Gasteiger partial charge in [-0.05, 0) is 112 Å². The molecule has 256 valence electrons. The average molecular weight is 657 g/mol. The Kier molecular flexibility index (Phi) is 10.4. The van der Waals surface area contributed by atoms with E-state index in [1.165, 1.54) is 14.2 Å². The third-order valence-corrected chi connectivity index (χ3v) is 9.93. The first-order valence-electron chi connectivity index (χ1n) is 16.4. The third-order valence-electron chi connectivity index (χ3n) is 9.93. The van der Waals surface area contributed by atoms with Crippen molar-refractivity contribution in [3.8, 4) is 0 Å². The molecule has 4 aromatic rings. The molecule has 10 nitrogen and oxygen atoms in total. The molecule has 8 bridgehead atoms. The summed E-state index contributed by atoms with van der Waals surface area (Å²) in [6.07, 6.45) is 9.66. The number of aromatic amines is 4. The lowest BCUT2D eigenvalue weighted by molar-refractivity contribution is -0.141. The standard InChI is InChI=1S/C38H48N4O6/c1-19-25(11-13-35(43)47-9)31-18-32-26(12-14-36(44)48-10)20(2)28(40-32)16-33-38(24(6)46-8)22(4)30(42-33)17-34-37(23(5)45-7)21(3)29(41-34)15-27(19)39-31/h15-18,23-24,39-42H,11-14H2,1-10H3/t23-,24-/m1/s1. The summed E-state index contributed by atoms with van der Waals surface area (Å²) in [5.41, 5.74) is 12.2. The Labute approximate surface area is 280 Å². The average Bonchev–Trinajstić information content (AvgIpc) is 3.74. The molecule has 1 aliphatic heterocycles. The van der Waals surface area contributed by atoms with Crippen LogP contribution in [0.25, 0.3) is 24.3 Å². The summed E-state index contributed by atoms with van der Waals surface area (Å²) in [6.45, 7) is 12.5. The molecule has 2 atom stereocenters. The molecule has 0 radical (unpaired) electrons. The Hall–Kier alpha value is -4.54. The Bertz CT molecular complexity index is 2110. The molecule has 4 N–H and O–H groups in total. The highest BCUT2D eigenvalue weighted by Crippen LogP contribution is 2.29. The van der Waals surface area contributed by atoms with Gasteiger partial charge in [0, 0.05) is 82.4 Å². The van der Waals surface area contributed by atoms with Crippen molar-refractivity contribution in [2.75, 3.05) is 28.4 Å². The molecular formula is C38H48N4O6. The van der Waals surface area contributed by atoms with Gasteiger partial charge in [0.25, 0.3) is 0 Å². The van der Waals surface area contributed by atoms with Crippen molar-refractivity contribution in [2.45, 2.75) is 79.4 Å². The number of methoxy groups -OCH3 is 4. The summed E-state index contributed by atoms with van der Waals surface area (Å²) < 4.78 is 21.7. The molecule has 10 heteroatoms. The number of carbonyl (C=O) groups is 2. The van der Waals surface area contributed by atoms with Gasteiger partial charge in [-0.3, -0.25) is 9.59 Å². The van der Waals surface area contributed by atoms with Crippen LogP contribution in [0.2, 0.25) is 0 Å². The first-order chi connectivity index (χ1) is 22.9. The van der Waals surface area contributed by atoms with Crippen molar-refractivity contribution in [1.82, 2.24) is 19.9 Å². The summed E-state index contributed by atoms with van der Waals surface area (Å²) in [7, 11) is 6.26. The van der Waals surface area contributed by atoms with Gasteiger partial charge in [-0.15, -0.1) is 0 Å². The number of fused-ring (bicyclic) bond motifs is 8. The summed E-state index contributed by atoms with van der Waals surface area (Å²) in [4.78, 5) is 39.2.